The van der Waals surface area contributed by atoms with Crippen LogP contribution >= 0.6 is 0 Å². The maximum atomic E-state index is 13.0. The maximum absolute atomic E-state index is 13.0. The Hall–Kier alpha value is -1.44. The van der Waals surface area contributed by atoms with Gasteiger partial charge in [0, 0.05) is 17.9 Å². The summed E-state index contributed by atoms with van der Waals surface area (Å²) in [5, 5.41) is 66.7. The van der Waals surface area contributed by atoms with Crippen LogP contribution in [0.15, 0.2) is 11.6 Å². The summed E-state index contributed by atoms with van der Waals surface area (Å²) in [7, 11) is 0. The van der Waals surface area contributed by atoms with Crippen molar-refractivity contribution in [1.82, 2.24) is 0 Å². The zero-order valence-corrected chi connectivity index (χ0v) is 23.0. The van der Waals surface area contributed by atoms with E-state index >= 15 is 0 Å². The van der Waals surface area contributed by atoms with E-state index in [-0.39, 0.29) is 44.1 Å². The molecule has 2 heterocycles. The van der Waals surface area contributed by atoms with E-state index < -0.39 is 76.8 Å². The molecule has 11 nitrogen and oxygen atoms in total. The second kappa shape index (κ2) is 9.54. The quantitative estimate of drug-likeness (QED) is 0.149. The highest BCUT2D eigenvalue weighted by molar-refractivity contribution is 5.85. The molecule has 40 heavy (non-hydrogen) atoms. The van der Waals surface area contributed by atoms with E-state index in [0.29, 0.717) is 25.7 Å². The molecule has 5 fully saturated rings. The smallest absolute Gasteiger partial charge is 0.331 e. The molecule has 0 spiro atoms. The van der Waals surface area contributed by atoms with Crippen LogP contribution in [0.2, 0.25) is 0 Å². The number of aliphatic hydroxyl groups excluding tert-OH is 4. The van der Waals surface area contributed by atoms with Gasteiger partial charge in [0.15, 0.2) is 6.29 Å². The Morgan fingerprint density at radius 3 is 2.42 bits per heavy atom. The predicted octanol–water partition coefficient (Wildman–Crippen LogP) is -0.279. The van der Waals surface area contributed by atoms with Crippen LogP contribution in [0.3, 0.4) is 0 Å². The second-order valence-electron chi connectivity index (χ2n) is 13.5. The van der Waals surface area contributed by atoms with Crippen LogP contribution in [0.5, 0.6) is 0 Å². The van der Waals surface area contributed by atoms with Gasteiger partial charge in [-0.3, -0.25) is 0 Å². The average molecular weight is 567 g/mol. The summed E-state index contributed by atoms with van der Waals surface area (Å²) in [5.41, 5.74) is -4.09. The summed E-state index contributed by atoms with van der Waals surface area (Å²) < 4.78 is 16.8. The molecule has 0 radical (unpaired) electrons. The van der Waals surface area contributed by atoms with Gasteiger partial charge in [0.2, 0.25) is 0 Å². The molecule has 0 bridgehead atoms. The number of aliphatic hydroxyl groups is 6. The molecule has 224 valence electrons. The van der Waals surface area contributed by atoms with Gasteiger partial charge >= 0.3 is 5.97 Å². The number of hydrogen-bond donors (Lipinski definition) is 6. The fourth-order valence-electron chi connectivity index (χ4n) is 9.74. The molecule has 2 aliphatic heterocycles. The van der Waals surface area contributed by atoms with Crippen LogP contribution in [-0.4, -0.2) is 104 Å². The third kappa shape index (κ3) is 3.71. The number of carbonyl (C=O) groups excluding carboxylic acids is 2. The lowest BCUT2D eigenvalue weighted by atomic mass is 9.41. The van der Waals surface area contributed by atoms with Gasteiger partial charge in [-0.1, -0.05) is 6.92 Å². The summed E-state index contributed by atoms with van der Waals surface area (Å²) >= 11 is 0. The number of aldehydes is 1. The molecule has 4 aliphatic carbocycles. The molecule has 0 aromatic carbocycles. The Kier molecular flexibility index (Phi) is 6.83. The first-order valence-electron chi connectivity index (χ1n) is 14.6. The molecule has 0 aromatic heterocycles. The number of fused-ring (bicyclic) bond motifs is 5. The summed E-state index contributed by atoms with van der Waals surface area (Å²) in [4.78, 5) is 24.8. The number of hydrogen-bond acceptors (Lipinski definition) is 11. The van der Waals surface area contributed by atoms with Crippen molar-refractivity contribution in [3.05, 3.63) is 11.6 Å². The predicted molar refractivity (Wildman–Crippen MR) is 136 cm³/mol. The number of carbonyl (C=O) groups is 2. The number of rotatable bonds is 4. The minimum atomic E-state index is -1.47. The monoisotopic (exact) mass is 566 g/mol. The summed E-state index contributed by atoms with van der Waals surface area (Å²) in [6.45, 7) is 3.61. The summed E-state index contributed by atoms with van der Waals surface area (Å²) in [6.07, 6.45) is -2.70. The molecule has 0 aromatic rings. The van der Waals surface area contributed by atoms with Gasteiger partial charge in [0.25, 0.3) is 0 Å². The minimum Gasteiger partial charge on any atom is -0.458 e. The van der Waals surface area contributed by atoms with Gasteiger partial charge in [-0.25, -0.2) is 4.79 Å². The molecule has 0 unspecified atom stereocenters. The van der Waals surface area contributed by atoms with E-state index in [1.807, 2.05) is 6.92 Å². The Labute approximate surface area is 233 Å². The van der Waals surface area contributed by atoms with Crippen molar-refractivity contribution in [2.45, 2.75) is 119 Å². The highest BCUT2D eigenvalue weighted by atomic mass is 16.7. The van der Waals surface area contributed by atoms with Crippen LogP contribution in [-0.2, 0) is 23.8 Å². The van der Waals surface area contributed by atoms with Crippen LogP contribution in [0.1, 0.15) is 65.2 Å². The van der Waals surface area contributed by atoms with Crippen molar-refractivity contribution < 1.29 is 54.4 Å². The number of cyclic esters (lactones) is 1. The molecular weight excluding hydrogens is 524 g/mol. The molecule has 4 saturated carbocycles. The van der Waals surface area contributed by atoms with Gasteiger partial charge in [0.05, 0.1) is 34.9 Å². The fraction of sp³-hybridized carbons (Fsp3) is 0.862. The first-order valence-corrected chi connectivity index (χ1v) is 14.6. The third-order valence-corrected chi connectivity index (χ3v) is 12.1. The molecule has 6 N–H and O–H groups in total. The Morgan fingerprint density at radius 1 is 1.00 bits per heavy atom. The van der Waals surface area contributed by atoms with Crippen molar-refractivity contribution in [2.24, 2.45) is 28.6 Å². The van der Waals surface area contributed by atoms with Crippen LogP contribution in [0.4, 0.5) is 0 Å². The first-order chi connectivity index (χ1) is 18.8. The molecule has 6 aliphatic rings. The lowest BCUT2D eigenvalue weighted by Crippen LogP contribution is -2.71. The zero-order chi connectivity index (χ0) is 28.8. The van der Waals surface area contributed by atoms with E-state index in [9.17, 15) is 40.2 Å². The van der Waals surface area contributed by atoms with E-state index in [0.717, 1.165) is 11.9 Å². The maximum Gasteiger partial charge on any atom is 0.331 e. The normalized spacial score (nSPS) is 56.0. The summed E-state index contributed by atoms with van der Waals surface area (Å²) in [5.74, 6) is -1.42. The van der Waals surface area contributed by atoms with Crippen molar-refractivity contribution >= 4 is 12.3 Å². The first kappa shape index (κ1) is 28.7. The van der Waals surface area contributed by atoms with E-state index in [1.165, 1.54) is 6.08 Å². The highest BCUT2D eigenvalue weighted by Gasteiger charge is 2.74. The van der Waals surface area contributed by atoms with Crippen molar-refractivity contribution in [1.29, 1.82) is 0 Å². The highest BCUT2D eigenvalue weighted by Crippen LogP contribution is 2.70. The molecule has 11 heteroatoms. The summed E-state index contributed by atoms with van der Waals surface area (Å²) in [6, 6.07) is 0. The van der Waals surface area contributed by atoms with E-state index in [4.69, 9.17) is 14.2 Å². The minimum absolute atomic E-state index is 0.0926. The van der Waals surface area contributed by atoms with Gasteiger partial charge in [-0.2, -0.15) is 0 Å². The van der Waals surface area contributed by atoms with Crippen LogP contribution < -0.4 is 0 Å². The van der Waals surface area contributed by atoms with E-state index in [1.54, 1.807) is 6.92 Å². The second-order valence-corrected chi connectivity index (χ2v) is 13.5. The van der Waals surface area contributed by atoms with Crippen molar-refractivity contribution in [3.8, 4) is 0 Å². The topological polar surface area (TPSA) is 183 Å². The van der Waals surface area contributed by atoms with Gasteiger partial charge in [-0.15, -0.1) is 0 Å². The third-order valence-electron chi connectivity index (χ3n) is 12.1. The van der Waals surface area contributed by atoms with Gasteiger partial charge in [-0.05, 0) is 75.2 Å². The molecule has 0 amide bonds. The Morgan fingerprint density at radius 2 is 1.75 bits per heavy atom. The standard InChI is InChI=1S/C29H42O11/c1-14-22(33)23(34)24(35)25(39-14)40-16-3-6-27(13-30)19-10-20(31)26(2)17(15-9-21(32)38-12-15)5-8-29(26,37)18(19)4-7-28(27,36)11-16/h9,13-14,16-20,22-25,31,33-37H,3-8,10-12H2,1-2H3/t14-,16-,17-,18-,19-,20+,22-,23+,24-,25+,26-,27-,28+,29-/m0/s1. The van der Waals surface area contributed by atoms with Crippen molar-refractivity contribution in [2.75, 3.05) is 6.61 Å². The number of esters is 1. The molecule has 14 atom stereocenters. The SMILES string of the molecule is C[C@@H]1O[C@H](O[C@H]2CC[C@]3(C=O)[C@H]4C[C@@H](O)[C@]5(C)[C@H](C6=CC(=O)OC6)CC[C@]5(O)[C@H]4CC[C@@]3(O)C2)[C@@H](O)[C@H](O)[C@H]1O. The van der Waals surface area contributed by atoms with Crippen molar-refractivity contribution in [3.63, 3.8) is 0 Å². The number of ether oxygens (including phenoxy) is 3. The average Bonchev–Trinajstić information content (AvgIpc) is 3.46. The Balaban J connectivity index is 1.25. The lowest BCUT2D eigenvalue weighted by molar-refractivity contribution is -0.319. The van der Waals surface area contributed by atoms with Gasteiger partial charge in [0.1, 0.15) is 31.2 Å². The molecule has 1 saturated heterocycles. The fourth-order valence-corrected chi connectivity index (χ4v) is 9.74. The largest absolute Gasteiger partial charge is 0.458 e. The van der Waals surface area contributed by atoms with Gasteiger partial charge < -0.3 is 49.6 Å². The van der Waals surface area contributed by atoms with Crippen LogP contribution in [0, 0.1) is 28.6 Å². The van der Waals surface area contributed by atoms with Crippen LogP contribution in [0.25, 0.3) is 0 Å². The van der Waals surface area contributed by atoms with E-state index in [2.05, 4.69) is 0 Å². The lowest BCUT2D eigenvalue weighted by Gasteiger charge is -2.66. The zero-order valence-electron chi connectivity index (χ0n) is 23.0. The molecule has 6 rings (SSSR count). The Bertz CT molecular complexity index is 1080. The molecular formula is C29H42O11.